The van der Waals surface area contributed by atoms with Gasteiger partial charge in [0, 0.05) is 19.6 Å². The zero-order valence-corrected chi connectivity index (χ0v) is 17.5. The van der Waals surface area contributed by atoms with Crippen molar-refractivity contribution in [2.45, 2.75) is 44.9 Å². The number of hydrogen-bond donors (Lipinski definition) is 1. The molecule has 2 atom stereocenters. The molecule has 0 aromatic heterocycles. The number of carbonyl (C=O) groups is 1. The molecule has 1 fully saturated rings. The largest absolute Gasteiger partial charge is 0.497 e. The SMILES string of the molecule is CCCCC(NC(=O)C1CN(Cc2ccccc2)CCO1)c1ccc(OC)cc1. The third-order valence-electron chi connectivity index (χ3n) is 5.37. The summed E-state index contributed by atoms with van der Waals surface area (Å²) in [6.07, 6.45) is 2.63. The van der Waals surface area contributed by atoms with Crippen molar-refractivity contribution in [3.8, 4) is 5.75 Å². The molecule has 1 N–H and O–H groups in total. The molecule has 0 aliphatic carbocycles. The van der Waals surface area contributed by atoms with Gasteiger partial charge in [0.05, 0.1) is 19.8 Å². The van der Waals surface area contributed by atoms with Crippen LogP contribution in [0.25, 0.3) is 0 Å². The van der Waals surface area contributed by atoms with Crippen molar-refractivity contribution in [1.82, 2.24) is 10.2 Å². The summed E-state index contributed by atoms with van der Waals surface area (Å²) in [4.78, 5) is 15.3. The molecule has 1 aliphatic heterocycles. The highest BCUT2D eigenvalue weighted by atomic mass is 16.5. The van der Waals surface area contributed by atoms with Gasteiger partial charge in [-0.15, -0.1) is 0 Å². The van der Waals surface area contributed by atoms with Gasteiger partial charge in [-0.1, -0.05) is 62.2 Å². The number of rotatable bonds is 9. The Kier molecular flexibility index (Phi) is 8.08. The molecular weight excluding hydrogens is 364 g/mol. The maximum absolute atomic E-state index is 13.0. The van der Waals surface area contributed by atoms with Crippen LogP contribution in [0.15, 0.2) is 54.6 Å². The Hall–Kier alpha value is -2.37. The number of methoxy groups -OCH3 is 1. The Bertz CT molecular complexity index is 748. The van der Waals surface area contributed by atoms with E-state index in [9.17, 15) is 4.79 Å². The third kappa shape index (κ3) is 6.31. The molecule has 156 valence electrons. The first kappa shape index (κ1) is 21.3. The first-order chi connectivity index (χ1) is 14.2. The van der Waals surface area contributed by atoms with Gasteiger partial charge >= 0.3 is 0 Å². The quantitative estimate of drug-likeness (QED) is 0.697. The zero-order valence-electron chi connectivity index (χ0n) is 17.5. The molecule has 1 saturated heterocycles. The molecule has 2 aromatic carbocycles. The molecule has 0 spiro atoms. The number of morpholine rings is 1. The summed E-state index contributed by atoms with van der Waals surface area (Å²) in [6, 6.07) is 18.3. The fraction of sp³-hybridized carbons (Fsp3) is 0.458. The molecule has 2 unspecified atom stereocenters. The first-order valence-corrected chi connectivity index (χ1v) is 10.5. The van der Waals surface area contributed by atoms with Gasteiger partial charge in [-0.3, -0.25) is 9.69 Å². The first-order valence-electron chi connectivity index (χ1n) is 10.5. The number of amides is 1. The van der Waals surface area contributed by atoms with Crippen molar-refractivity contribution in [2.75, 3.05) is 26.8 Å². The Morgan fingerprint density at radius 1 is 1.21 bits per heavy atom. The lowest BCUT2D eigenvalue weighted by Crippen LogP contribution is -2.50. The van der Waals surface area contributed by atoms with Crippen molar-refractivity contribution in [3.63, 3.8) is 0 Å². The predicted molar refractivity (Wildman–Crippen MR) is 115 cm³/mol. The molecule has 3 rings (SSSR count). The van der Waals surface area contributed by atoms with Gasteiger partial charge in [0.15, 0.2) is 0 Å². The fourth-order valence-electron chi connectivity index (χ4n) is 3.68. The van der Waals surface area contributed by atoms with Crippen molar-refractivity contribution in [2.24, 2.45) is 0 Å². The molecule has 0 saturated carbocycles. The number of nitrogens with one attached hydrogen (secondary N) is 1. The highest BCUT2D eigenvalue weighted by Crippen LogP contribution is 2.23. The Balaban J connectivity index is 1.61. The summed E-state index contributed by atoms with van der Waals surface area (Å²) in [5.74, 6) is 0.793. The van der Waals surface area contributed by atoms with Crippen LogP contribution in [0.4, 0.5) is 0 Å². The fourth-order valence-corrected chi connectivity index (χ4v) is 3.68. The lowest BCUT2D eigenvalue weighted by Gasteiger charge is -2.33. The molecule has 1 amide bonds. The smallest absolute Gasteiger partial charge is 0.250 e. The second-order valence-electron chi connectivity index (χ2n) is 7.56. The molecule has 29 heavy (non-hydrogen) atoms. The molecule has 2 aromatic rings. The van der Waals surface area contributed by atoms with Crippen LogP contribution in [0, 0.1) is 0 Å². The lowest BCUT2D eigenvalue weighted by molar-refractivity contribution is -0.139. The van der Waals surface area contributed by atoms with E-state index in [2.05, 4.69) is 29.3 Å². The number of hydrogen-bond acceptors (Lipinski definition) is 4. The summed E-state index contributed by atoms with van der Waals surface area (Å²) >= 11 is 0. The number of benzene rings is 2. The number of carbonyl (C=O) groups excluding carboxylic acids is 1. The van der Waals surface area contributed by atoms with Crippen LogP contribution in [-0.4, -0.2) is 43.7 Å². The Morgan fingerprint density at radius 3 is 2.66 bits per heavy atom. The number of ether oxygens (including phenoxy) is 2. The molecule has 5 nitrogen and oxygen atoms in total. The predicted octanol–water partition coefficient (Wildman–Crippen LogP) is 3.94. The maximum Gasteiger partial charge on any atom is 0.250 e. The lowest BCUT2D eigenvalue weighted by atomic mass is 10.0. The average Bonchev–Trinajstić information content (AvgIpc) is 2.77. The van der Waals surface area contributed by atoms with Crippen LogP contribution in [0.5, 0.6) is 5.75 Å². The van der Waals surface area contributed by atoms with Crippen LogP contribution in [0.1, 0.15) is 43.4 Å². The molecular formula is C24H32N2O3. The average molecular weight is 397 g/mol. The summed E-state index contributed by atoms with van der Waals surface area (Å²) in [7, 11) is 1.66. The summed E-state index contributed by atoms with van der Waals surface area (Å²) < 4.78 is 11.1. The molecule has 0 bridgehead atoms. The Morgan fingerprint density at radius 2 is 1.97 bits per heavy atom. The highest BCUT2D eigenvalue weighted by Gasteiger charge is 2.28. The van der Waals surface area contributed by atoms with Gasteiger partial charge in [-0.2, -0.15) is 0 Å². The van der Waals surface area contributed by atoms with Gasteiger partial charge in [-0.25, -0.2) is 0 Å². The second-order valence-corrected chi connectivity index (χ2v) is 7.56. The monoisotopic (exact) mass is 396 g/mol. The van der Waals surface area contributed by atoms with Crippen LogP contribution in [0.2, 0.25) is 0 Å². The van der Waals surface area contributed by atoms with E-state index in [0.717, 1.165) is 43.7 Å². The van der Waals surface area contributed by atoms with Gasteiger partial charge in [0.25, 0.3) is 5.91 Å². The minimum atomic E-state index is -0.435. The standard InChI is InChI=1S/C24H32N2O3/c1-3-4-10-22(20-11-13-21(28-2)14-12-20)25-24(27)23-18-26(15-16-29-23)17-19-8-6-5-7-9-19/h5-9,11-14,22-23H,3-4,10,15-18H2,1-2H3,(H,25,27). The van der Waals surface area contributed by atoms with Crippen LogP contribution in [-0.2, 0) is 16.1 Å². The molecule has 1 aliphatic rings. The van der Waals surface area contributed by atoms with Crippen molar-refractivity contribution < 1.29 is 14.3 Å². The minimum absolute atomic E-state index is 0.0125. The topological polar surface area (TPSA) is 50.8 Å². The third-order valence-corrected chi connectivity index (χ3v) is 5.37. The van der Waals surface area contributed by atoms with Gasteiger partial charge in [-0.05, 0) is 29.7 Å². The summed E-state index contributed by atoms with van der Waals surface area (Å²) in [5.41, 5.74) is 2.36. The van der Waals surface area contributed by atoms with E-state index < -0.39 is 6.10 Å². The number of unbranched alkanes of at least 4 members (excludes halogenated alkanes) is 1. The van der Waals surface area contributed by atoms with E-state index in [1.807, 2.05) is 42.5 Å². The minimum Gasteiger partial charge on any atom is -0.497 e. The molecule has 5 heteroatoms. The Labute approximate surface area is 174 Å². The number of nitrogens with zero attached hydrogens (tertiary/aromatic N) is 1. The molecule has 0 radical (unpaired) electrons. The van der Waals surface area contributed by atoms with Crippen molar-refractivity contribution in [3.05, 3.63) is 65.7 Å². The van der Waals surface area contributed by atoms with E-state index in [4.69, 9.17) is 9.47 Å². The van der Waals surface area contributed by atoms with Crippen molar-refractivity contribution >= 4 is 5.91 Å². The maximum atomic E-state index is 13.0. The van der Waals surface area contributed by atoms with Gasteiger partial charge < -0.3 is 14.8 Å². The van der Waals surface area contributed by atoms with Crippen LogP contribution >= 0.6 is 0 Å². The summed E-state index contributed by atoms with van der Waals surface area (Å²) in [6.45, 7) is 5.04. The van der Waals surface area contributed by atoms with E-state index >= 15 is 0 Å². The van der Waals surface area contributed by atoms with Crippen molar-refractivity contribution in [1.29, 1.82) is 0 Å². The van der Waals surface area contributed by atoms with E-state index in [-0.39, 0.29) is 11.9 Å². The highest BCUT2D eigenvalue weighted by molar-refractivity contribution is 5.81. The van der Waals surface area contributed by atoms with Crippen LogP contribution < -0.4 is 10.1 Å². The normalized spacial score (nSPS) is 18.2. The summed E-state index contributed by atoms with van der Waals surface area (Å²) in [5, 5.41) is 3.23. The van der Waals surface area contributed by atoms with E-state index in [1.165, 1.54) is 5.56 Å². The van der Waals surface area contributed by atoms with Gasteiger partial charge in [0.2, 0.25) is 0 Å². The zero-order chi connectivity index (χ0) is 20.5. The van der Waals surface area contributed by atoms with Crippen LogP contribution in [0.3, 0.4) is 0 Å². The van der Waals surface area contributed by atoms with E-state index in [0.29, 0.717) is 13.2 Å². The molecule has 1 heterocycles. The second kappa shape index (κ2) is 11.0. The van der Waals surface area contributed by atoms with Gasteiger partial charge in [0.1, 0.15) is 11.9 Å². The van der Waals surface area contributed by atoms with E-state index in [1.54, 1.807) is 7.11 Å².